The molecule has 1 aliphatic carbocycles. The number of nitrogens with zero attached hydrogens (tertiary/aromatic N) is 2. The van der Waals surface area contributed by atoms with Gasteiger partial charge in [0.2, 0.25) is 11.8 Å². The Balaban J connectivity index is 1.25. The van der Waals surface area contributed by atoms with E-state index in [1.54, 1.807) is 0 Å². The number of carbonyl (C=O) groups excluding carboxylic acids is 2. The molecular weight excluding hydrogens is 356 g/mol. The number of likely N-dealkylation sites (tertiary alicyclic amines) is 2. The molecule has 0 spiro atoms. The van der Waals surface area contributed by atoms with E-state index in [4.69, 9.17) is 9.47 Å². The van der Waals surface area contributed by atoms with Crippen LogP contribution >= 0.6 is 0 Å². The molecule has 0 aromatic heterocycles. The number of rotatable bonds is 3. The third-order valence-electron chi connectivity index (χ3n) is 6.57. The molecule has 6 heteroatoms. The van der Waals surface area contributed by atoms with Gasteiger partial charge in [0.15, 0.2) is 11.5 Å². The van der Waals surface area contributed by atoms with Crippen molar-refractivity contribution in [1.82, 2.24) is 9.80 Å². The maximum atomic E-state index is 13.3. The summed E-state index contributed by atoms with van der Waals surface area (Å²) in [7, 11) is 0. The second-order valence-electron chi connectivity index (χ2n) is 8.47. The maximum Gasteiger partial charge on any atom is 0.226 e. The van der Waals surface area contributed by atoms with Crippen LogP contribution in [0.1, 0.15) is 50.1 Å². The fourth-order valence-corrected chi connectivity index (χ4v) is 4.81. The Morgan fingerprint density at radius 2 is 1.54 bits per heavy atom. The third-order valence-corrected chi connectivity index (χ3v) is 6.57. The largest absolute Gasteiger partial charge is 0.486 e. The highest BCUT2D eigenvalue weighted by molar-refractivity contribution is 5.82. The zero-order valence-corrected chi connectivity index (χ0v) is 16.3. The Kier molecular flexibility index (Phi) is 4.65. The zero-order valence-electron chi connectivity index (χ0n) is 16.3. The van der Waals surface area contributed by atoms with Gasteiger partial charge in [0.05, 0.1) is 6.04 Å². The minimum Gasteiger partial charge on any atom is -0.486 e. The molecule has 5 rings (SSSR count). The average molecular weight is 384 g/mol. The van der Waals surface area contributed by atoms with Crippen LogP contribution in [-0.2, 0) is 9.59 Å². The molecule has 1 saturated carbocycles. The lowest BCUT2D eigenvalue weighted by atomic mass is 9.94. The highest BCUT2D eigenvalue weighted by Crippen LogP contribution is 2.39. The summed E-state index contributed by atoms with van der Waals surface area (Å²) in [6.07, 6.45) is 5.70. The fraction of sp³-hybridized carbons (Fsp3) is 0.636. The molecule has 1 aromatic rings. The van der Waals surface area contributed by atoms with Gasteiger partial charge in [0.25, 0.3) is 0 Å². The highest BCUT2D eigenvalue weighted by Gasteiger charge is 2.39. The van der Waals surface area contributed by atoms with Crippen LogP contribution in [-0.4, -0.2) is 54.5 Å². The summed E-state index contributed by atoms with van der Waals surface area (Å²) in [6, 6.07) is 6.20. The van der Waals surface area contributed by atoms with E-state index in [9.17, 15) is 9.59 Å². The summed E-state index contributed by atoms with van der Waals surface area (Å²) in [5.74, 6) is 2.46. The predicted molar refractivity (Wildman–Crippen MR) is 103 cm³/mol. The lowest BCUT2D eigenvalue weighted by Crippen LogP contribution is -2.44. The number of fused-ring (bicyclic) bond motifs is 1. The van der Waals surface area contributed by atoms with Crippen molar-refractivity contribution in [3.8, 4) is 11.5 Å². The molecule has 150 valence electrons. The van der Waals surface area contributed by atoms with Crippen LogP contribution in [0.25, 0.3) is 0 Å². The number of piperidine rings is 1. The Morgan fingerprint density at radius 1 is 0.821 bits per heavy atom. The summed E-state index contributed by atoms with van der Waals surface area (Å²) in [5.41, 5.74) is 1.14. The van der Waals surface area contributed by atoms with Crippen LogP contribution in [0.5, 0.6) is 11.5 Å². The summed E-state index contributed by atoms with van der Waals surface area (Å²) >= 11 is 0. The third kappa shape index (κ3) is 3.33. The fourth-order valence-electron chi connectivity index (χ4n) is 4.81. The van der Waals surface area contributed by atoms with Gasteiger partial charge in [0, 0.05) is 31.5 Å². The molecule has 3 aliphatic heterocycles. The van der Waals surface area contributed by atoms with Crippen molar-refractivity contribution in [3.63, 3.8) is 0 Å². The van der Waals surface area contributed by atoms with Gasteiger partial charge < -0.3 is 19.3 Å². The van der Waals surface area contributed by atoms with Crippen LogP contribution in [0, 0.1) is 11.8 Å². The smallest absolute Gasteiger partial charge is 0.226 e. The number of amides is 2. The molecule has 2 amide bonds. The summed E-state index contributed by atoms with van der Waals surface area (Å²) in [5, 5.41) is 0. The van der Waals surface area contributed by atoms with Crippen molar-refractivity contribution in [1.29, 1.82) is 0 Å². The standard InChI is InChI=1S/C22H28N2O4/c25-21(15-3-4-15)23-10-7-16(8-11-23)22(26)24-9-1-2-18(24)17-5-6-19-20(14-17)28-13-12-27-19/h5-6,14-16,18H,1-4,7-13H2. The Morgan fingerprint density at radius 3 is 2.29 bits per heavy atom. The number of hydrogen-bond acceptors (Lipinski definition) is 4. The predicted octanol–water partition coefficient (Wildman–Crippen LogP) is 2.77. The van der Waals surface area contributed by atoms with E-state index >= 15 is 0 Å². The first-order valence-corrected chi connectivity index (χ1v) is 10.7. The van der Waals surface area contributed by atoms with Gasteiger partial charge in [-0.15, -0.1) is 0 Å². The van der Waals surface area contributed by atoms with Crippen molar-refractivity contribution in [2.24, 2.45) is 11.8 Å². The Labute approximate surface area is 165 Å². The highest BCUT2D eigenvalue weighted by atomic mass is 16.6. The monoisotopic (exact) mass is 384 g/mol. The van der Waals surface area contributed by atoms with Crippen LogP contribution < -0.4 is 9.47 Å². The SMILES string of the molecule is O=C(C1CC1)N1CCC(C(=O)N2CCCC2c2ccc3c(c2)OCCO3)CC1. The van der Waals surface area contributed by atoms with E-state index in [1.807, 2.05) is 17.0 Å². The molecule has 6 nitrogen and oxygen atoms in total. The second-order valence-corrected chi connectivity index (χ2v) is 8.47. The van der Waals surface area contributed by atoms with E-state index in [2.05, 4.69) is 11.0 Å². The molecule has 1 atom stereocenters. The molecule has 0 radical (unpaired) electrons. The first kappa shape index (κ1) is 17.8. The van der Waals surface area contributed by atoms with Crippen molar-refractivity contribution in [2.75, 3.05) is 32.8 Å². The van der Waals surface area contributed by atoms with E-state index < -0.39 is 0 Å². The van der Waals surface area contributed by atoms with Crippen LogP contribution in [0.3, 0.4) is 0 Å². The van der Waals surface area contributed by atoms with Crippen LogP contribution in [0.2, 0.25) is 0 Å². The van der Waals surface area contributed by atoms with E-state index in [1.165, 1.54) is 0 Å². The van der Waals surface area contributed by atoms with Gasteiger partial charge in [-0.2, -0.15) is 0 Å². The lowest BCUT2D eigenvalue weighted by molar-refractivity contribution is -0.142. The Hall–Kier alpha value is -2.24. The Bertz CT molecular complexity index is 768. The number of benzene rings is 1. The minimum atomic E-state index is 0.0427. The molecular formula is C22H28N2O4. The maximum absolute atomic E-state index is 13.3. The quantitative estimate of drug-likeness (QED) is 0.804. The van der Waals surface area contributed by atoms with Crippen LogP contribution in [0.15, 0.2) is 18.2 Å². The van der Waals surface area contributed by atoms with E-state index in [0.29, 0.717) is 19.1 Å². The lowest BCUT2D eigenvalue weighted by Gasteiger charge is -2.35. The van der Waals surface area contributed by atoms with Gasteiger partial charge in [-0.05, 0) is 56.2 Å². The van der Waals surface area contributed by atoms with Crippen LogP contribution in [0.4, 0.5) is 0 Å². The van der Waals surface area contributed by atoms with Crippen molar-refractivity contribution in [2.45, 2.75) is 44.6 Å². The average Bonchev–Trinajstić information content (AvgIpc) is 3.49. The van der Waals surface area contributed by atoms with Crippen molar-refractivity contribution in [3.05, 3.63) is 23.8 Å². The van der Waals surface area contributed by atoms with Crippen molar-refractivity contribution >= 4 is 11.8 Å². The molecule has 1 aromatic carbocycles. The molecule has 0 N–H and O–H groups in total. The first-order valence-electron chi connectivity index (χ1n) is 10.7. The summed E-state index contributed by atoms with van der Waals surface area (Å²) in [6.45, 7) is 3.44. The zero-order chi connectivity index (χ0) is 19.1. The van der Waals surface area contributed by atoms with Gasteiger partial charge in [0.1, 0.15) is 13.2 Å². The molecule has 3 heterocycles. The van der Waals surface area contributed by atoms with Gasteiger partial charge in [-0.25, -0.2) is 0 Å². The normalized spacial score (nSPS) is 25.1. The minimum absolute atomic E-state index is 0.0427. The number of ether oxygens (including phenoxy) is 2. The first-order chi connectivity index (χ1) is 13.7. The van der Waals surface area contributed by atoms with Gasteiger partial charge in [-0.1, -0.05) is 6.07 Å². The molecule has 28 heavy (non-hydrogen) atoms. The number of hydrogen-bond donors (Lipinski definition) is 0. The molecule has 4 aliphatic rings. The van der Waals surface area contributed by atoms with Gasteiger partial charge in [-0.3, -0.25) is 9.59 Å². The molecule has 1 unspecified atom stereocenters. The summed E-state index contributed by atoms with van der Waals surface area (Å²) in [4.78, 5) is 29.6. The summed E-state index contributed by atoms with van der Waals surface area (Å²) < 4.78 is 11.4. The number of carbonyl (C=O) groups is 2. The van der Waals surface area contributed by atoms with E-state index in [0.717, 1.165) is 75.2 Å². The van der Waals surface area contributed by atoms with E-state index in [-0.39, 0.29) is 23.8 Å². The topological polar surface area (TPSA) is 59.1 Å². The van der Waals surface area contributed by atoms with Gasteiger partial charge >= 0.3 is 0 Å². The van der Waals surface area contributed by atoms with Crippen molar-refractivity contribution < 1.29 is 19.1 Å². The molecule has 3 fully saturated rings. The molecule has 0 bridgehead atoms. The molecule has 2 saturated heterocycles. The second kappa shape index (κ2) is 7.30.